The largest absolute Gasteiger partial charge is 0.462 e. The minimum absolute atomic E-state index is 0.0658. The quantitative estimate of drug-likeness (QED) is 0.623. The molecule has 5 heteroatoms. The molecule has 0 N–H and O–H groups in total. The van der Waals surface area contributed by atoms with Crippen LogP contribution >= 0.6 is 0 Å². The molecule has 176 valence electrons. The summed E-state index contributed by atoms with van der Waals surface area (Å²) in [6, 6.07) is 19.5. The third-order valence-corrected chi connectivity index (χ3v) is 7.93. The number of cyclic esters (lactones) is 1. The highest BCUT2D eigenvalue weighted by atomic mass is 16.6. The molecular formula is C28H37N3O2. The molecule has 1 unspecified atom stereocenters. The van der Waals surface area contributed by atoms with Gasteiger partial charge < -0.3 is 9.64 Å². The lowest BCUT2D eigenvalue weighted by Gasteiger charge is -2.37. The van der Waals surface area contributed by atoms with Gasteiger partial charge in [0.1, 0.15) is 6.10 Å². The number of likely N-dealkylation sites (tertiary alicyclic amines) is 1. The first-order valence-electron chi connectivity index (χ1n) is 12.6. The fourth-order valence-electron chi connectivity index (χ4n) is 5.70. The van der Waals surface area contributed by atoms with E-state index in [1.165, 1.54) is 16.8 Å². The van der Waals surface area contributed by atoms with E-state index in [4.69, 9.17) is 4.74 Å². The van der Waals surface area contributed by atoms with Gasteiger partial charge in [-0.25, -0.2) is 0 Å². The summed E-state index contributed by atoms with van der Waals surface area (Å²) < 4.78 is 5.91. The number of nitrogens with zero attached hydrogens (tertiary/aromatic N) is 3. The van der Waals surface area contributed by atoms with Gasteiger partial charge >= 0.3 is 5.97 Å². The topological polar surface area (TPSA) is 36.0 Å². The van der Waals surface area contributed by atoms with E-state index in [0.29, 0.717) is 0 Å². The highest BCUT2D eigenvalue weighted by Gasteiger charge is 2.50. The van der Waals surface area contributed by atoms with E-state index >= 15 is 0 Å². The van der Waals surface area contributed by atoms with Gasteiger partial charge in [0.2, 0.25) is 0 Å². The molecule has 0 saturated carbocycles. The Morgan fingerprint density at radius 1 is 0.879 bits per heavy atom. The standard InChI is InChI=1S/C28H37N3O2/c1-23-7-9-25(10-8-23)31-19-17-29(18-20-31)14-11-26-21-28(27(32)33-26)12-15-30(16-13-28)22-24-5-3-2-4-6-24/h2-10,26H,11-22H2,1H3. The number of ether oxygens (including phenoxy) is 1. The Labute approximate surface area is 198 Å². The van der Waals surface area contributed by atoms with Gasteiger partial charge in [0.05, 0.1) is 5.41 Å². The molecule has 2 aromatic rings. The summed E-state index contributed by atoms with van der Waals surface area (Å²) in [6.07, 6.45) is 3.84. The van der Waals surface area contributed by atoms with Crippen LogP contribution in [0.15, 0.2) is 54.6 Å². The van der Waals surface area contributed by atoms with Crippen molar-refractivity contribution in [2.45, 2.75) is 45.3 Å². The molecule has 0 aliphatic carbocycles. The molecule has 0 radical (unpaired) electrons. The van der Waals surface area contributed by atoms with Crippen molar-refractivity contribution >= 4 is 11.7 Å². The maximum absolute atomic E-state index is 12.8. The zero-order valence-corrected chi connectivity index (χ0v) is 19.9. The van der Waals surface area contributed by atoms with Crippen molar-refractivity contribution in [3.8, 4) is 0 Å². The molecular weight excluding hydrogens is 410 g/mol. The van der Waals surface area contributed by atoms with Crippen LogP contribution in [0, 0.1) is 12.3 Å². The van der Waals surface area contributed by atoms with E-state index in [1.54, 1.807) is 0 Å². The zero-order valence-electron chi connectivity index (χ0n) is 19.9. The number of rotatable bonds is 6. The van der Waals surface area contributed by atoms with Crippen molar-refractivity contribution in [3.05, 3.63) is 65.7 Å². The molecule has 1 atom stereocenters. The number of esters is 1. The first-order chi connectivity index (χ1) is 16.1. The summed E-state index contributed by atoms with van der Waals surface area (Å²) in [7, 11) is 0. The normalized spacial score (nSPS) is 23.7. The number of piperidine rings is 1. The predicted octanol–water partition coefficient (Wildman–Crippen LogP) is 4.11. The molecule has 0 aromatic heterocycles. The van der Waals surface area contributed by atoms with Crippen LogP contribution in [-0.2, 0) is 16.1 Å². The van der Waals surface area contributed by atoms with Crippen LogP contribution in [0.2, 0.25) is 0 Å². The monoisotopic (exact) mass is 447 g/mol. The molecule has 3 heterocycles. The van der Waals surface area contributed by atoms with Gasteiger partial charge in [0.25, 0.3) is 0 Å². The molecule has 1 spiro atoms. The van der Waals surface area contributed by atoms with E-state index < -0.39 is 0 Å². The molecule has 3 fully saturated rings. The van der Waals surface area contributed by atoms with Crippen molar-refractivity contribution in [1.82, 2.24) is 9.80 Å². The summed E-state index contributed by atoms with van der Waals surface area (Å²) in [6.45, 7) is 10.4. The Balaban J connectivity index is 1.06. The fourth-order valence-corrected chi connectivity index (χ4v) is 5.70. The number of anilines is 1. The van der Waals surface area contributed by atoms with Crippen molar-refractivity contribution < 1.29 is 9.53 Å². The summed E-state index contributed by atoms with van der Waals surface area (Å²) in [5, 5.41) is 0. The lowest BCUT2D eigenvalue weighted by atomic mass is 9.75. The predicted molar refractivity (Wildman–Crippen MR) is 132 cm³/mol. The SMILES string of the molecule is Cc1ccc(N2CCN(CCC3CC4(CCN(Cc5ccccc5)CC4)C(=O)O3)CC2)cc1. The summed E-state index contributed by atoms with van der Waals surface area (Å²) in [5.41, 5.74) is 3.75. The number of benzene rings is 2. The van der Waals surface area contributed by atoms with E-state index in [-0.39, 0.29) is 17.5 Å². The van der Waals surface area contributed by atoms with Crippen LogP contribution < -0.4 is 4.90 Å². The highest BCUT2D eigenvalue weighted by molar-refractivity contribution is 5.79. The number of carbonyl (C=O) groups excluding carboxylic acids is 1. The van der Waals surface area contributed by atoms with Crippen molar-refractivity contribution in [3.63, 3.8) is 0 Å². The van der Waals surface area contributed by atoms with Crippen molar-refractivity contribution in [2.24, 2.45) is 5.41 Å². The van der Waals surface area contributed by atoms with Crippen LogP contribution in [0.5, 0.6) is 0 Å². The maximum Gasteiger partial charge on any atom is 0.312 e. The number of piperazine rings is 1. The zero-order chi connectivity index (χ0) is 22.7. The van der Waals surface area contributed by atoms with Gasteiger partial charge in [-0.05, 0) is 57.0 Å². The molecule has 0 amide bonds. The van der Waals surface area contributed by atoms with E-state index in [2.05, 4.69) is 76.2 Å². The summed E-state index contributed by atoms with van der Waals surface area (Å²) in [5.74, 6) is 0.0658. The molecule has 3 aliphatic heterocycles. The van der Waals surface area contributed by atoms with Crippen LogP contribution in [-0.4, -0.2) is 67.7 Å². The third-order valence-electron chi connectivity index (χ3n) is 7.93. The van der Waals surface area contributed by atoms with E-state index in [0.717, 1.165) is 78.0 Å². The minimum atomic E-state index is -0.234. The maximum atomic E-state index is 12.8. The van der Waals surface area contributed by atoms with Gasteiger partial charge in [-0.3, -0.25) is 14.6 Å². The molecule has 2 aromatic carbocycles. The van der Waals surface area contributed by atoms with Gasteiger partial charge in [0, 0.05) is 51.4 Å². The van der Waals surface area contributed by atoms with Crippen LogP contribution in [0.1, 0.15) is 36.8 Å². The molecule has 5 rings (SSSR count). The van der Waals surface area contributed by atoms with Gasteiger partial charge in [-0.1, -0.05) is 48.0 Å². The number of aryl methyl sites for hydroxylation is 1. The van der Waals surface area contributed by atoms with E-state index in [1.807, 2.05) is 0 Å². The van der Waals surface area contributed by atoms with Crippen LogP contribution in [0.3, 0.4) is 0 Å². The van der Waals surface area contributed by atoms with Crippen LogP contribution in [0.25, 0.3) is 0 Å². The molecule has 3 saturated heterocycles. The van der Waals surface area contributed by atoms with Gasteiger partial charge in [-0.2, -0.15) is 0 Å². The first-order valence-corrected chi connectivity index (χ1v) is 12.6. The van der Waals surface area contributed by atoms with Crippen molar-refractivity contribution in [2.75, 3.05) is 50.7 Å². The lowest BCUT2D eigenvalue weighted by molar-refractivity contribution is -0.151. The fraction of sp³-hybridized carbons (Fsp3) is 0.536. The Hall–Kier alpha value is -2.37. The minimum Gasteiger partial charge on any atom is -0.462 e. The average Bonchev–Trinajstić information content (AvgIpc) is 3.15. The second-order valence-electron chi connectivity index (χ2n) is 10.2. The second kappa shape index (κ2) is 9.86. The highest BCUT2D eigenvalue weighted by Crippen LogP contribution is 2.44. The molecule has 5 nitrogen and oxygen atoms in total. The molecule has 3 aliphatic rings. The van der Waals surface area contributed by atoms with Gasteiger partial charge in [0.15, 0.2) is 0 Å². The Morgan fingerprint density at radius 3 is 2.27 bits per heavy atom. The second-order valence-corrected chi connectivity index (χ2v) is 10.2. The number of hydrogen-bond acceptors (Lipinski definition) is 5. The van der Waals surface area contributed by atoms with Crippen LogP contribution in [0.4, 0.5) is 5.69 Å². The molecule has 33 heavy (non-hydrogen) atoms. The summed E-state index contributed by atoms with van der Waals surface area (Å²) in [4.78, 5) is 20.3. The lowest BCUT2D eigenvalue weighted by Crippen LogP contribution is -2.47. The number of carbonyl (C=O) groups is 1. The average molecular weight is 448 g/mol. The Morgan fingerprint density at radius 2 is 1.58 bits per heavy atom. The summed E-state index contributed by atoms with van der Waals surface area (Å²) >= 11 is 0. The van der Waals surface area contributed by atoms with Gasteiger partial charge in [-0.15, -0.1) is 0 Å². The van der Waals surface area contributed by atoms with Crippen molar-refractivity contribution in [1.29, 1.82) is 0 Å². The Kier molecular flexibility index (Phi) is 6.70. The smallest absolute Gasteiger partial charge is 0.312 e. The van der Waals surface area contributed by atoms with E-state index in [9.17, 15) is 4.79 Å². The number of hydrogen-bond donors (Lipinski definition) is 0. The Bertz CT molecular complexity index is 914. The molecule has 0 bridgehead atoms. The third kappa shape index (κ3) is 5.25. The first kappa shape index (κ1) is 22.4.